The molecule has 2 aromatic rings. The van der Waals surface area contributed by atoms with Gasteiger partial charge >= 0.3 is 0 Å². The number of hydrogen-bond donors (Lipinski definition) is 2. The van der Waals surface area contributed by atoms with Gasteiger partial charge in [0.15, 0.2) is 5.82 Å². The van der Waals surface area contributed by atoms with Crippen LogP contribution in [0.2, 0.25) is 0 Å². The summed E-state index contributed by atoms with van der Waals surface area (Å²) < 4.78 is 2.81. The summed E-state index contributed by atoms with van der Waals surface area (Å²) in [5, 5.41) is 4.53. The first kappa shape index (κ1) is 14.9. The average molecular weight is 339 g/mol. The number of halogens is 1. The lowest BCUT2D eigenvalue weighted by molar-refractivity contribution is 0.730. The lowest BCUT2D eigenvalue weighted by atomic mass is 10.2. The maximum absolute atomic E-state index is 5.56. The molecule has 0 atom stereocenters. The predicted molar refractivity (Wildman–Crippen MR) is 83.0 cm³/mol. The van der Waals surface area contributed by atoms with Gasteiger partial charge in [0.05, 0.1) is 15.9 Å². The van der Waals surface area contributed by atoms with Crippen molar-refractivity contribution in [1.29, 1.82) is 0 Å². The van der Waals surface area contributed by atoms with Crippen LogP contribution in [0.3, 0.4) is 0 Å². The Bertz CT molecular complexity index is 647. The highest BCUT2D eigenvalue weighted by atomic mass is 79.9. The van der Waals surface area contributed by atoms with Crippen LogP contribution in [0.5, 0.6) is 0 Å². The van der Waals surface area contributed by atoms with E-state index >= 15 is 0 Å². The van der Waals surface area contributed by atoms with Gasteiger partial charge in [-0.25, -0.2) is 20.5 Å². The average Bonchev–Trinajstić information content (AvgIpc) is 2.66. The fourth-order valence-electron chi connectivity index (χ4n) is 1.96. The Hall–Kier alpha value is -1.47. The Morgan fingerprint density at radius 1 is 1.20 bits per heavy atom. The van der Waals surface area contributed by atoms with Crippen LogP contribution in [-0.4, -0.2) is 19.7 Å². The van der Waals surface area contributed by atoms with Gasteiger partial charge in [0.1, 0.15) is 11.6 Å². The Kier molecular flexibility index (Phi) is 4.10. The summed E-state index contributed by atoms with van der Waals surface area (Å²) in [6, 6.07) is 0. The minimum absolute atomic E-state index is 0.210. The number of nitrogen functional groups attached to an aromatic ring is 1. The normalized spacial score (nSPS) is 11.2. The number of rotatable bonds is 3. The lowest BCUT2D eigenvalue weighted by Gasteiger charge is -2.14. The molecule has 2 aromatic heterocycles. The van der Waals surface area contributed by atoms with Crippen LogP contribution in [0.15, 0.2) is 4.47 Å². The topological polar surface area (TPSA) is 81.7 Å². The molecule has 6 nitrogen and oxygen atoms in total. The van der Waals surface area contributed by atoms with Gasteiger partial charge in [0.25, 0.3) is 0 Å². The molecule has 0 bridgehead atoms. The Morgan fingerprint density at radius 2 is 1.85 bits per heavy atom. The summed E-state index contributed by atoms with van der Waals surface area (Å²) in [7, 11) is 0. The van der Waals surface area contributed by atoms with Gasteiger partial charge in [-0.3, -0.25) is 0 Å². The Morgan fingerprint density at radius 3 is 2.30 bits per heavy atom. The molecule has 0 spiro atoms. The van der Waals surface area contributed by atoms with E-state index in [4.69, 9.17) is 5.84 Å². The first-order valence-electron chi connectivity index (χ1n) is 6.44. The number of aryl methyl sites for hydroxylation is 1. The molecule has 108 valence electrons. The van der Waals surface area contributed by atoms with Crippen LogP contribution < -0.4 is 11.3 Å². The van der Waals surface area contributed by atoms with E-state index in [0.29, 0.717) is 5.82 Å². The quantitative estimate of drug-likeness (QED) is 0.664. The highest BCUT2D eigenvalue weighted by Gasteiger charge is 2.18. The van der Waals surface area contributed by atoms with E-state index in [1.165, 1.54) is 0 Å². The van der Waals surface area contributed by atoms with Gasteiger partial charge in [-0.2, -0.15) is 5.10 Å². The molecular weight excluding hydrogens is 320 g/mol. The summed E-state index contributed by atoms with van der Waals surface area (Å²) in [6.45, 7) is 9.97. The van der Waals surface area contributed by atoms with Crippen LogP contribution >= 0.6 is 15.9 Å². The SMILES string of the molecule is Cc1nn(-c2nc(C(C)C)nc(NN)c2C)c(C)c1Br. The number of nitrogens with one attached hydrogen (secondary N) is 1. The predicted octanol–water partition coefficient (Wildman–Crippen LogP) is 2.76. The molecule has 0 unspecified atom stereocenters. The van der Waals surface area contributed by atoms with Gasteiger partial charge in [0.2, 0.25) is 0 Å². The van der Waals surface area contributed by atoms with Gasteiger partial charge in [-0.15, -0.1) is 0 Å². The number of anilines is 1. The molecular formula is C13H19BrN6. The number of aromatic nitrogens is 4. The van der Waals surface area contributed by atoms with Crippen molar-refractivity contribution in [2.45, 2.75) is 40.5 Å². The highest BCUT2D eigenvalue weighted by Crippen LogP contribution is 2.26. The summed E-state index contributed by atoms with van der Waals surface area (Å²) in [5.41, 5.74) is 5.43. The maximum Gasteiger partial charge on any atom is 0.162 e. The van der Waals surface area contributed by atoms with Crippen LogP contribution in [-0.2, 0) is 0 Å². The third-order valence-electron chi connectivity index (χ3n) is 3.19. The fourth-order valence-corrected chi connectivity index (χ4v) is 2.20. The number of nitrogens with two attached hydrogens (primary N) is 1. The van der Waals surface area contributed by atoms with Gasteiger partial charge in [-0.1, -0.05) is 13.8 Å². The molecule has 20 heavy (non-hydrogen) atoms. The van der Waals surface area contributed by atoms with Crippen molar-refractivity contribution in [2.75, 3.05) is 5.43 Å². The molecule has 0 amide bonds. The molecule has 0 aliphatic rings. The van der Waals surface area contributed by atoms with Crippen molar-refractivity contribution < 1.29 is 0 Å². The van der Waals surface area contributed by atoms with Crippen LogP contribution in [0.25, 0.3) is 5.82 Å². The van der Waals surface area contributed by atoms with Crippen molar-refractivity contribution in [3.63, 3.8) is 0 Å². The monoisotopic (exact) mass is 338 g/mol. The fraction of sp³-hybridized carbons (Fsp3) is 0.462. The van der Waals surface area contributed by atoms with E-state index < -0.39 is 0 Å². The van der Waals surface area contributed by atoms with E-state index in [0.717, 1.165) is 33.1 Å². The molecule has 7 heteroatoms. The van der Waals surface area contributed by atoms with Gasteiger partial charge in [-0.05, 0) is 36.7 Å². The number of nitrogens with zero attached hydrogens (tertiary/aromatic N) is 4. The summed E-state index contributed by atoms with van der Waals surface area (Å²) in [6.07, 6.45) is 0. The molecule has 0 saturated heterocycles. The molecule has 0 fully saturated rings. The molecule has 3 N–H and O–H groups in total. The minimum atomic E-state index is 0.210. The van der Waals surface area contributed by atoms with Gasteiger partial charge in [0, 0.05) is 11.5 Å². The zero-order valence-corrected chi connectivity index (χ0v) is 13.9. The van der Waals surface area contributed by atoms with Crippen molar-refractivity contribution in [1.82, 2.24) is 19.7 Å². The van der Waals surface area contributed by atoms with Gasteiger partial charge < -0.3 is 5.43 Å². The van der Waals surface area contributed by atoms with Crippen molar-refractivity contribution in [2.24, 2.45) is 5.84 Å². The van der Waals surface area contributed by atoms with E-state index in [9.17, 15) is 0 Å². The second-order valence-electron chi connectivity index (χ2n) is 5.07. The second kappa shape index (κ2) is 5.49. The van der Waals surface area contributed by atoms with Crippen LogP contribution in [0.1, 0.15) is 42.5 Å². The summed E-state index contributed by atoms with van der Waals surface area (Å²) in [5.74, 6) is 7.89. The van der Waals surface area contributed by atoms with Crippen molar-refractivity contribution in [3.8, 4) is 5.82 Å². The Balaban J connectivity index is 2.72. The van der Waals surface area contributed by atoms with Crippen LogP contribution in [0, 0.1) is 20.8 Å². The molecule has 2 heterocycles. The maximum atomic E-state index is 5.56. The van der Waals surface area contributed by atoms with E-state index in [2.05, 4.69) is 36.4 Å². The largest absolute Gasteiger partial charge is 0.308 e. The molecule has 0 aliphatic heterocycles. The number of hydrazine groups is 1. The van der Waals surface area contributed by atoms with Crippen LogP contribution in [0.4, 0.5) is 5.82 Å². The zero-order valence-electron chi connectivity index (χ0n) is 12.3. The summed E-state index contributed by atoms with van der Waals surface area (Å²) in [4.78, 5) is 9.07. The first-order valence-corrected chi connectivity index (χ1v) is 7.23. The lowest BCUT2D eigenvalue weighted by Crippen LogP contribution is -2.16. The molecule has 2 rings (SSSR count). The molecule has 0 aliphatic carbocycles. The zero-order chi connectivity index (χ0) is 15.0. The highest BCUT2D eigenvalue weighted by molar-refractivity contribution is 9.10. The van der Waals surface area contributed by atoms with E-state index in [1.54, 1.807) is 0 Å². The standard InChI is InChI=1S/C13H19BrN6/c1-6(2)11-16-12(18-15)7(3)13(17-11)20-9(5)10(14)8(4)19-20/h6H,15H2,1-5H3,(H,16,17,18). The smallest absolute Gasteiger partial charge is 0.162 e. The minimum Gasteiger partial charge on any atom is -0.308 e. The van der Waals surface area contributed by atoms with E-state index in [-0.39, 0.29) is 5.92 Å². The molecule has 0 radical (unpaired) electrons. The first-order chi connectivity index (χ1) is 9.36. The summed E-state index contributed by atoms with van der Waals surface area (Å²) >= 11 is 3.54. The molecule has 0 aromatic carbocycles. The second-order valence-corrected chi connectivity index (χ2v) is 5.87. The Labute approximate surface area is 126 Å². The third kappa shape index (κ3) is 2.43. The van der Waals surface area contributed by atoms with E-state index in [1.807, 2.05) is 39.3 Å². The third-order valence-corrected chi connectivity index (χ3v) is 4.34. The molecule has 0 saturated carbocycles. The van der Waals surface area contributed by atoms with Crippen molar-refractivity contribution >= 4 is 21.7 Å². The number of hydrogen-bond acceptors (Lipinski definition) is 5. The van der Waals surface area contributed by atoms with Crippen molar-refractivity contribution in [3.05, 3.63) is 27.2 Å².